The third kappa shape index (κ3) is 4.08. The largest absolute Gasteiger partial charge is 0.497 e. The predicted molar refractivity (Wildman–Crippen MR) is 98.4 cm³/mol. The molecule has 0 radical (unpaired) electrons. The van der Waals surface area contributed by atoms with Gasteiger partial charge in [-0.05, 0) is 29.8 Å². The molecule has 140 valence electrons. The lowest BCUT2D eigenvalue weighted by Crippen LogP contribution is -2.38. The van der Waals surface area contributed by atoms with Gasteiger partial charge in [0.2, 0.25) is 11.8 Å². The van der Waals surface area contributed by atoms with E-state index in [9.17, 15) is 19.5 Å². The molecule has 0 bridgehead atoms. The highest BCUT2D eigenvalue weighted by Gasteiger charge is 2.36. The summed E-state index contributed by atoms with van der Waals surface area (Å²) >= 11 is 0. The first-order valence-electron chi connectivity index (χ1n) is 8.52. The lowest BCUT2D eigenvalue weighted by atomic mass is 10.0. The molecule has 3 rings (SSSR count). The Balaban J connectivity index is 1.70. The third-order valence-electron chi connectivity index (χ3n) is 4.55. The average molecular weight is 368 g/mol. The van der Waals surface area contributed by atoms with E-state index in [-0.39, 0.29) is 18.9 Å². The van der Waals surface area contributed by atoms with Crippen LogP contribution in [0.2, 0.25) is 0 Å². The Morgan fingerprint density at radius 3 is 2.41 bits per heavy atom. The fourth-order valence-corrected chi connectivity index (χ4v) is 3.09. The monoisotopic (exact) mass is 368 g/mol. The van der Waals surface area contributed by atoms with E-state index < -0.39 is 23.8 Å². The molecule has 1 fully saturated rings. The van der Waals surface area contributed by atoms with Crippen LogP contribution in [0.3, 0.4) is 0 Å². The third-order valence-corrected chi connectivity index (χ3v) is 4.55. The van der Waals surface area contributed by atoms with E-state index in [4.69, 9.17) is 4.74 Å². The normalized spacial score (nSPS) is 17.4. The SMILES string of the molecule is COc1ccc(N2CC(C(=O)N[C@H](C(=O)O)c3ccccc3)CC2=O)cc1. The second kappa shape index (κ2) is 7.90. The van der Waals surface area contributed by atoms with E-state index in [0.717, 1.165) is 0 Å². The van der Waals surface area contributed by atoms with Crippen molar-refractivity contribution in [2.75, 3.05) is 18.6 Å². The minimum absolute atomic E-state index is 0.0407. The van der Waals surface area contributed by atoms with Gasteiger partial charge in [0.15, 0.2) is 6.04 Å². The van der Waals surface area contributed by atoms with Gasteiger partial charge in [-0.25, -0.2) is 4.79 Å². The minimum atomic E-state index is -1.15. The number of nitrogens with one attached hydrogen (secondary N) is 1. The molecule has 7 heteroatoms. The van der Waals surface area contributed by atoms with Gasteiger partial charge in [0.25, 0.3) is 0 Å². The van der Waals surface area contributed by atoms with Gasteiger partial charge in [-0.1, -0.05) is 30.3 Å². The van der Waals surface area contributed by atoms with Crippen LogP contribution in [0, 0.1) is 5.92 Å². The molecule has 2 amide bonds. The van der Waals surface area contributed by atoms with Gasteiger partial charge in [0.05, 0.1) is 13.0 Å². The van der Waals surface area contributed by atoms with E-state index in [1.54, 1.807) is 61.7 Å². The molecule has 1 saturated heterocycles. The van der Waals surface area contributed by atoms with Crippen LogP contribution in [-0.2, 0) is 14.4 Å². The maximum absolute atomic E-state index is 12.6. The summed E-state index contributed by atoms with van der Waals surface area (Å²) in [6, 6.07) is 14.3. The van der Waals surface area contributed by atoms with Crippen molar-refractivity contribution in [1.29, 1.82) is 0 Å². The summed E-state index contributed by atoms with van der Waals surface area (Å²) in [4.78, 5) is 38.0. The van der Waals surface area contributed by atoms with Crippen LogP contribution in [-0.4, -0.2) is 36.5 Å². The quantitative estimate of drug-likeness (QED) is 0.813. The molecule has 0 aliphatic carbocycles. The summed E-state index contributed by atoms with van der Waals surface area (Å²) in [7, 11) is 1.56. The van der Waals surface area contributed by atoms with E-state index >= 15 is 0 Å². The zero-order valence-corrected chi connectivity index (χ0v) is 14.8. The van der Waals surface area contributed by atoms with Crippen molar-refractivity contribution in [3.8, 4) is 5.75 Å². The van der Waals surface area contributed by atoms with Gasteiger partial charge in [-0.15, -0.1) is 0 Å². The Kier molecular flexibility index (Phi) is 5.40. The summed E-state index contributed by atoms with van der Waals surface area (Å²) in [5, 5.41) is 12.0. The zero-order valence-electron chi connectivity index (χ0n) is 14.8. The van der Waals surface area contributed by atoms with E-state index in [1.807, 2.05) is 0 Å². The van der Waals surface area contributed by atoms with Crippen molar-refractivity contribution >= 4 is 23.5 Å². The number of carboxylic acid groups (broad SMARTS) is 1. The van der Waals surface area contributed by atoms with E-state index in [1.165, 1.54) is 4.90 Å². The number of carbonyl (C=O) groups excluding carboxylic acids is 2. The predicted octanol–water partition coefficient (Wildman–Crippen LogP) is 1.99. The second-order valence-electron chi connectivity index (χ2n) is 6.29. The van der Waals surface area contributed by atoms with Crippen molar-refractivity contribution < 1.29 is 24.2 Å². The number of hydrogen-bond acceptors (Lipinski definition) is 4. The average Bonchev–Trinajstić information content (AvgIpc) is 3.08. The fraction of sp³-hybridized carbons (Fsp3) is 0.250. The number of carboxylic acids is 1. The van der Waals surface area contributed by atoms with Crippen LogP contribution in [0.4, 0.5) is 5.69 Å². The zero-order chi connectivity index (χ0) is 19.4. The molecule has 27 heavy (non-hydrogen) atoms. The highest BCUT2D eigenvalue weighted by Crippen LogP contribution is 2.27. The van der Waals surface area contributed by atoms with Gasteiger partial charge in [0, 0.05) is 18.7 Å². The van der Waals surface area contributed by atoms with Crippen molar-refractivity contribution in [1.82, 2.24) is 5.32 Å². The van der Waals surface area contributed by atoms with Gasteiger partial charge in [0.1, 0.15) is 5.75 Å². The van der Waals surface area contributed by atoms with E-state index in [0.29, 0.717) is 17.0 Å². The lowest BCUT2D eigenvalue weighted by Gasteiger charge is -2.19. The summed E-state index contributed by atoms with van der Waals surface area (Å²) in [5.74, 6) is -1.70. The number of hydrogen-bond donors (Lipinski definition) is 2. The Morgan fingerprint density at radius 2 is 1.81 bits per heavy atom. The summed E-state index contributed by atoms with van der Waals surface area (Å²) < 4.78 is 5.10. The van der Waals surface area contributed by atoms with Crippen molar-refractivity contribution in [3.05, 3.63) is 60.2 Å². The number of benzene rings is 2. The lowest BCUT2D eigenvalue weighted by molar-refractivity contribution is -0.142. The van der Waals surface area contributed by atoms with Crippen LogP contribution < -0.4 is 15.0 Å². The molecule has 2 N–H and O–H groups in total. The van der Waals surface area contributed by atoms with Gasteiger partial charge < -0.3 is 20.1 Å². The maximum Gasteiger partial charge on any atom is 0.330 e. The molecule has 2 atom stereocenters. The first-order valence-corrected chi connectivity index (χ1v) is 8.52. The number of methoxy groups -OCH3 is 1. The van der Waals surface area contributed by atoms with Crippen molar-refractivity contribution in [2.45, 2.75) is 12.5 Å². The van der Waals surface area contributed by atoms with Crippen molar-refractivity contribution in [3.63, 3.8) is 0 Å². The minimum Gasteiger partial charge on any atom is -0.497 e. The number of carbonyl (C=O) groups is 3. The van der Waals surface area contributed by atoms with E-state index in [2.05, 4.69) is 5.32 Å². The first-order chi connectivity index (χ1) is 13.0. The molecule has 0 saturated carbocycles. The number of aliphatic carboxylic acids is 1. The first kappa shape index (κ1) is 18.4. The molecule has 0 aromatic heterocycles. The number of ether oxygens (including phenoxy) is 1. The Bertz CT molecular complexity index is 835. The molecule has 1 aliphatic rings. The molecule has 2 aromatic carbocycles. The molecular weight excluding hydrogens is 348 g/mol. The summed E-state index contributed by atoms with van der Waals surface area (Å²) in [5.41, 5.74) is 1.16. The molecule has 7 nitrogen and oxygen atoms in total. The molecule has 1 heterocycles. The maximum atomic E-state index is 12.6. The van der Waals surface area contributed by atoms with Crippen LogP contribution in [0.15, 0.2) is 54.6 Å². The van der Waals surface area contributed by atoms with Crippen LogP contribution in [0.1, 0.15) is 18.0 Å². The number of anilines is 1. The molecule has 2 aromatic rings. The fourth-order valence-electron chi connectivity index (χ4n) is 3.09. The molecule has 1 unspecified atom stereocenters. The second-order valence-corrected chi connectivity index (χ2v) is 6.29. The van der Waals surface area contributed by atoms with Crippen LogP contribution >= 0.6 is 0 Å². The molecule has 1 aliphatic heterocycles. The Morgan fingerprint density at radius 1 is 1.15 bits per heavy atom. The molecule has 0 spiro atoms. The summed E-state index contributed by atoms with van der Waals surface area (Å²) in [6.45, 7) is 0.206. The topological polar surface area (TPSA) is 95.9 Å². The standard InChI is InChI=1S/C20H20N2O5/c1-27-16-9-7-15(8-10-16)22-12-14(11-17(22)23)19(24)21-18(20(25)26)13-5-3-2-4-6-13/h2-10,14,18H,11-12H2,1H3,(H,21,24)(H,25,26)/t14?,18-/m0/s1. The number of rotatable bonds is 6. The van der Waals surface area contributed by atoms with Gasteiger partial charge in [-0.2, -0.15) is 0 Å². The Labute approximate surface area is 156 Å². The Hall–Kier alpha value is -3.35. The summed E-state index contributed by atoms with van der Waals surface area (Å²) in [6.07, 6.45) is 0.0407. The van der Waals surface area contributed by atoms with Crippen LogP contribution in [0.5, 0.6) is 5.75 Å². The highest BCUT2D eigenvalue weighted by molar-refractivity contribution is 6.00. The van der Waals surface area contributed by atoms with Crippen molar-refractivity contribution in [2.24, 2.45) is 5.92 Å². The highest BCUT2D eigenvalue weighted by atomic mass is 16.5. The molecular formula is C20H20N2O5. The number of amides is 2. The smallest absolute Gasteiger partial charge is 0.330 e. The van der Waals surface area contributed by atoms with Gasteiger partial charge in [-0.3, -0.25) is 9.59 Å². The van der Waals surface area contributed by atoms with Gasteiger partial charge >= 0.3 is 5.97 Å². The van der Waals surface area contributed by atoms with Crippen LogP contribution in [0.25, 0.3) is 0 Å². The number of nitrogens with zero attached hydrogens (tertiary/aromatic N) is 1.